The van der Waals surface area contributed by atoms with Gasteiger partial charge < -0.3 is 21.1 Å². The third-order valence-corrected chi connectivity index (χ3v) is 7.06. The number of benzene rings is 3. The maximum Gasteiger partial charge on any atom is 0.332 e. The first-order valence-electron chi connectivity index (χ1n) is 11.6. The molecule has 3 aromatic rings. The smallest absolute Gasteiger partial charge is 0.332 e. The van der Waals surface area contributed by atoms with Gasteiger partial charge in [-0.3, -0.25) is 4.79 Å². The predicted octanol–water partition coefficient (Wildman–Crippen LogP) is 5.26. The Hall–Kier alpha value is -3.35. The van der Waals surface area contributed by atoms with Crippen molar-refractivity contribution in [1.29, 1.82) is 0 Å². The van der Waals surface area contributed by atoms with Crippen LogP contribution in [0.25, 0.3) is 11.1 Å². The van der Waals surface area contributed by atoms with Crippen LogP contribution in [0.3, 0.4) is 0 Å². The second-order valence-corrected chi connectivity index (χ2v) is 9.79. The lowest BCUT2D eigenvalue weighted by molar-refractivity contribution is -0.146. The van der Waals surface area contributed by atoms with Gasteiger partial charge >= 0.3 is 5.97 Å². The van der Waals surface area contributed by atoms with Gasteiger partial charge in [0.1, 0.15) is 0 Å². The van der Waals surface area contributed by atoms with Crippen molar-refractivity contribution in [1.82, 2.24) is 10.6 Å². The van der Waals surface area contributed by atoms with Gasteiger partial charge in [0.05, 0.1) is 0 Å². The van der Waals surface area contributed by atoms with Gasteiger partial charge in [0, 0.05) is 35.4 Å². The van der Waals surface area contributed by atoms with Gasteiger partial charge in [0.2, 0.25) is 0 Å². The normalized spacial score (nSPS) is 15.1. The molecular weight excluding hydrogens is 462 g/mol. The molecule has 1 fully saturated rings. The van der Waals surface area contributed by atoms with Crippen LogP contribution >= 0.6 is 11.6 Å². The van der Waals surface area contributed by atoms with Crippen LogP contribution in [0.2, 0.25) is 5.02 Å². The van der Waals surface area contributed by atoms with Crippen LogP contribution in [0.15, 0.2) is 54.6 Å². The van der Waals surface area contributed by atoms with Crippen molar-refractivity contribution in [3.63, 3.8) is 0 Å². The molecule has 4 rings (SSSR count). The van der Waals surface area contributed by atoms with Gasteiger partial charge in [-0.25, -0.2) is 4.79 Å². The Bertz CT molecular complexity index is 1280. The number of carbonyl (C=O) groups is 2. The van der Waals surface area contributed by atoms with Gasteiger partial charge in [0.15, 0.2) is 5.54 Å². The number of rotatable bonds is 7. The van der Waals surface area contributed by atoms with Crippen LogP contribution in [-0.2, 0) is 4.79 Å². The zero-order valence-electron chi connectivity index (χ0n) is 20.3. The topological polar surface area (TPSA) is 90.5 Å². The molecule has 1 saturated heterocycles. The molecule has 0 radical (unpaired) electrons. The van der Waals surface area contributed by atoms with E-state index in [0.717, 1.165) is 44.1 Å². The van der Waals surface area contributed by atoms with E-state index in [-0.39, 0.29) is 25.0 Å². The van der Waals surface area contributed by atoms with Crippen molar-refractivity contribution < 1.29 is 14.7 Å². The van der Waals surface area contributed by atoms with Gasteiger partial charge in [-0.15, -0.1) is 0 Å². The minimum Gasteiger partial charge on any atom is -0.479 e. The van der Waals surface area contributed by atoms with Crippen LogP contribution in [-0.4, -0.2) is 35.6 Å². The molecule has 1 aliphatic rings. The molecule has 1 aliphatic heterocycles. The third kappa shape index (κ3) is 5.04. The lowest BCUT2D eigenvalue weighted by Crippen LogP contribution is -2.73. The van der Waals surface area contributed by atoms with Crippen molar-refractivity contribution in [3.8, 4) is 11.1 Å². The molecule has 1 unspecified atom stereocenters. The van der Waals surface area contributed by atoms with Crippen LogP contribution in [0, 0.1) is 20.8 Å². The quantitative estimate of drug-likeness (QED) is 0.362. The molecule has 0 spiro atoms. The Balaban J connectivity index is 1.55. The summed E-state index contributed by atoms with van der Waals surface area (Å²) < 4.78 is 0. The summed E-state index contributed by atoms with van der Waals surface area (Å²) in [6.07, 6.45) is 0. The summed E-state index contributed by atoms with van der Waals surface area (Å²) in [5, 5.41) is 19.5. The Kier molecular flexibility index (Phi) is 6.88. The predicted molar refractivity (Wildman–Crippen MR) is 140 cm³/mol. The molecule has 182 valence electrons. The first-order chi connectivity index (χ1) is 16.6. The number of carboxylic acids is 1. The molecule has 1 atom stereocenters. The first-order valence-corrected chi connectivity index (χ1v) is 12.0. The number of amides is 1. The first kappa shape index (κ1) is 24.8. The number of anilines is 1. The lowest BCUT2D eigenvalue weighted by atomic mass is 9.90. The zero-order chi connectivity index (χ0) is 25.3. The molecule has 6 nitrogen and oxygen atoms in total. The van der Waals surface area contributed by atoms with Gasteiger partial charge in [-0.2, -0.15) is 0 Å². The van der Waals surface area contributed by atoms with Crippen LogP contribution in [0.4, 0.5) is 5.69 Å². The second kappa shape index (κ2) is 9.72. The highest BCUT2D eigenvalue weighted by molar-refractivity contribution is 6.31. The summed E-state index contributed by atoms with van der Waals surface area (Å²) in [6, 6.07) is 18.2. The average molecular weight is 492 g/mol. The van der Waals surface area contributed by atoms with Crippen molar-refractivity contribution in [2.45, 2.75) is 39.3 Å². The van der Waals surface area contributed by atoms with E-state index in [1.165, 1.54) is 0 Å². The van der Waals surface area contributed by atoms with Gasteiger partial charge in [0.25, 0.3) is 5.91 Å². The largest absolute Gasteiger partial charge is 0.479 e. The number of hydrogen-bond donors (Lipinski definition) is 4. The van der Waals surface area contributed by atoms with E-state index in [0.29, 0.717) is 5.56 Å². The van der Waals surface area contributed by atoms with E-state index in [2.05, 4.69) is 35.0 Å². The Morgan fingerprint density at radius 2 is 1.66 bits per heavy atom. The average Bonchev–Trinajstić information content (AvgIpc) is 2.77. The second-order valence-electron chi connectivity index (χ2n) is 9.39. The summed E-state index contributed by atoms with van der Waals surface area (Å²) in [5.74, 6) is -1.39. The minimum atomic E-state index is -1.24. The fourth-order valence-electron chi connectivity index (χ4n) is 4.50. The molecule has 7 heteroatoms. The maximum absolute atomic E-state index is 13.0. The van der Waals surface area contributed by atoms with Crippen molar-refractivity contribution in [3.05, 3.63) is 87.4 Å². The lowest BCUT2D eigenvalue weighted by Gasteiger charge is -2.39. The van der Waals surface area contributed by atoms with E-state index in [1.54, 1.807) is 0 Å². The monoisotopic (exact) mass is 491 g/mol. The number of aliphatic carboxylic acids is 1. The SMILES string of the molecule is Cc1cc(C(C)Nc2cccc(-c3cc(C)c(C(=O)NC4(C(=O)O)CNC4)c(C)c3)c2)ccc1Cl. The molecule has 0 aromatic heterocycles. The molecule has 1 amide bonds. The summed E-state index contributed by atoms with van der Waals surface area (Å²) in [6.45, 7) is 8.31. The number of carboxylic acid groups (broad SMARTS) is 1. The minimum absolute atomic E-state index is 0.0957. The highest BCUT2D eigenvalue weighted by Crippen LogP contribution is 2.30. The third-order valence-electron chi connectivity index (χ3n) is 6.64. The Labute approximate surface area is 210 Å². The van der Waals surface area contributed by atoms with Crippen molar-refractivity contribution in [2.24, 2.45) is 0 Å². The fraction of sp³-hybridized carbons (Fsp3) is 0.286. The molecule has 35 heavy (non-hydrogen) atoms. The molecule has 4 N–H and O–H groups in total. The molecule has 1 heterocycles. The number of halogens is 1. The molecule has 0 saturated carbocycles. The fourth-order valence-corrected chi connectivity index (χ4v) is 4.61. The molecule has 3 aromatic carbocycles. The van der Waals surface area contributed by atoms with Crippen LogP contribution in [0.1, 0.15) is 45.6 Å². The van der Waals surface area contributed by atoms with Gasteiger partial charge in [-0.1, -0.05) is 48.0 Å². The van der Waals surface area contributed by atoms with Crippen molar-refractivity contribution in [2.75, 3.05) is 18.4 Å². The molecule has 0 bridgehead atoms. The number of hydrogen-bond acceptors (Lipinski definition) is 4. The van der Waals surface area contributed by atoms with E-state index in [1.807, 2.05) is 63.2 Å². The van der Waals surface area contributed by atoms with E-state index < -0.39 is 11.5 Å². The summed E-state index contributed by atoms with van der Waals surface area (Å²) in [4.78, 5) is 24.6. The molecular formula is C28H30ClN3O3. The van der Waals surface area contributed by atoms with E-state index in [9.17, 15) is 14.7 Å². The van der Waals surface area contributed by atoms with E-state index in [4.69, 9.17) is 11.6 Å². The number of aryl methyl sites for hydroxylation is 3. The Morgan fingerprint density at radius 1 is 0.971 bits per heavy atom. The highest BCUT2D eigenvalue weighted by Gasteiger charge is 2.46. The number of nitrogens with one attached hydrogen (secondary N) is 3. The van der Waals surface area contributed by atoms with E-state index >= 15 is 0 Å². The van der Waals surface area contributed by atoms with Crippen LogP contribution < -0.4 is 16.0 Å². The number of carbonyl (C=O) groups excluding carboxylic acids is 1. The van der Waals surface area contributed by atoms with Gasteiger partial charge in [-0.05, 0) is 79.3 Å². The molecule has 0 aliphatic carbocycles. The summed E-state index contributed by atoms with van der Waals surface area (Å²) in [5.41, 5.74) is 6.08. The standard InChI is InChI=1S/C28H30ClN3O3/c1-16-10-20(8-9-24(16)29)19(4)31-23-7-5-6-21(13-23)22-11-17(2)25(18(3)12-22)26(33)32-28(27(34)35)14-30-15-28/h5-13,19,30-31H,14-15H2,1-4H3,(H,32,33)(H,34,35). The highest BCUT2D eigenvalue weighted by atomic mass is 35.5. The maximum atomic E-state index is 13.0. The zero-order valence-corrected chi connectivity index (χ0v) is 21.1. The summed E-state index contributed by atoms with van der Waals surface area (Å²) >= 11 is 6.17. The Morgan fingerprint density at radius 3 is 2.23 bits per heavy atom. The van der Waals surface area contributed by atoms with Crippen LogP contribution in [0.5, 0.6) is 0 Å². The van der Waals surface area contributed by atoms with Crippen molar-refractivity contribution >= 4 is 29.2 Å². The summed E-state index contributed by atoms with van der Waals surface area (Å²) in [7, 11) is 0.